The number of anilines is 2. The fourth-order valence-electron chi connectivity index (χ4n) is 8.54. The molecule has 72 heavy (non-hydrogen) atoms. The highest BCUT2D eigenvalue weighted by atomic mass is 16.5. The Balaban J connectivity index is 0.807. The van der Waals surface area contributed by atoms with Gasteiger partial charge in [0.1, 0.15) is 13.2 Å². The van der Waals surface area contributed by atoms with Crippen LogP contribution in [0, 0.1) is 0 Å². The molecule has 0 bridgehead atoms. The molecule has 0 unspecified atom stereocenters. The third kappa shape index (κ3) is 12.4. The zero-order chi connectivity index (χ0) is 49.5. The molecule has 9 aromatic carbocycles. The molecule has 0 N–H and O–H groups in total. The molecule has 0 spiro atoms. The van der Waals surface area contributed by atoms with E-state index >= 15 is 0 Å². The maximum atomic E-state index is 12.3. The van der Waals surface area contributed by atoms with Crippen molar-refractivity contribution in [3.05, 3.63) is 262 Å². The Morgan fingerprint density at radius 2 is 0.583 bits per heavy atom. The van der Waals surface area contributed by atoms with Crippen LogP contribution in [0.15, 0.2) is 206 Å². The third-order valence-electron chi connectivity index (χ3n) is 12.7. The fraction of sp³-hybridized carbons (Fsp3) is 0.0909. The quantitative estimate of drug-likeness (QED) is 0.0485. The molecule has 0 aromatic heterocycles. The summed E-state index contributed by atoms with van der Waals surface area (Å²) in [5, 5.41) is 4.83. The number of benzene rings is 9. The van der Waals surface area contributed by atoms with Crippen molar-refractivity contribution in [3.63, 3.8) is 0 Å². The SMILES string of the molecule is CN(CCOC(=O)c1ccccc1)c1ccc(/C=C/c2ccc(/C=C/c3c4ccccc4c(/C=C/c4ccc(/C=C/c5ccc(N(C)CCOC(=O)c6ccccc6)cc5)cc4)c4ccccc34)cc2)cc1. The number of nitrogens with zero attached hydrogens (tertiary/aromatic N) is 2. The molecule has 9 aromatic rings. The Morgan fingerprint density at radius 1 is 0.333 bits per heavy atom. The van der Waals surface area contributed by atoms with Gasteiger partial charge >= 0.3 is 11.9 Å². The van der Waals surface area contributed by atoms with Gasteiger partial charge in [-0.1, -0.05) is 206 Å². The summed E-state index contributed by atoms with van der Waals surface area (Å²) in [5.74, 6) is -0.611. The number of carbonyl (C=O) groups excluding carboxylic acids is 2. The van der Waals surface area contributed by atoms with E-state index in [-0.39, 0.29) is 11.9 Å². The summed E-state index contributed by atoms with van der Waals surface area (Å²) in [6.45, 7) is 1.81. The standard InChI is InChI=1S/C66H56N2O4/c1-67(45-47-71-65(69)55-13-5-3-6-14-55)57-39-33-53(34-40-57)31-25-49-21-27-51(28-22-49)37-43-63-59-17-9-11-19-61(59)64(62-20-12-10-18-60(62)63)44-38-52-29-23-50(24-30-52)26-32-54-35-41-58(42-36-54)68(2)46-48-72-66(70)56-15-7-4-8-16-56/h3-44H,45-48H2,1-2H3/b31-25+,32-26+,43-37+,44-38+. The number of rotatable bonds is 18. The zero-order valence-corrected chi connectivity index (χ0v) is 40.6. The summed E-state index contributed by atoms with van der Waals surface area (Å²) in [6.07, 6.45) is 17.4. The van der Waals surface area contributed by atoms with Crippen LogP contribution in [0.2, 0.25) is 0 Å². The normalized spacial score (nSPS) is 11.6. The summed E-state index contributed by atoms with van der Waals surface area (Å²) in [6, 6.07) is 69.5. The van der Waals surface area contributed by atoms with Crippen LogP contribution < -0.4 is 9.80 Å². The van der Waals surface area contributed by atoms with Crippen molar-refractivity contribution in [1.82, 2.24) is 0 Å². The average molecular weight is 941 g/mol. The molecule has 0 radical (unpaired) electrons. The van der Waals surface area contributed by atoms with E-state index in [1.807, 2.05) is 50.5 Å². The summed E-state index contributed by atoms with van der Waals surface area (Å²) < 4.78 is 10.9. The molecule has 0 saturated heterocycles. The van der Waals surface area contributed by atoms with Crippen LogP contribution in [0.4, 0.5) is 11.4 Å². The van der Waals surface area contributed by atoms with Crippen molar-refractivity contribution >= 4 is 93.5 Å². The first-order valence-electron chi connectivity index (χ1n) is 24.3. The van der Waals surface area contributed by atoms with E-state index in [0.29, 0.717) is 37.4 Å². The monoisotopic (exact) mass is 940 g/mol. The second-order valence-electron chi connectivity index (χ2n) is 17.6. The highest BCUT2D eigenvalue weighted by Gasteiger charge is 2.12. The van der Waals surface area contributed by atoms with Crippen LogP contribution >= 0.6 is 0 Å². The number of fused-ring (bicyclic) bond motifs is 2. The summed E-state index contributed by atoms with van der Waals surface area (Å²) in [7, 11) is 4.00. The van der Waals surface area contributed by atoms with Gasteiger partial charge in [-0.25, -0.2) is 9.59 Å². The average Bonchev–Trinajstić information content (AvgIpc) is 3.44. The van der Waals surface area contributed by atoms with Gasteiger partial charge in [0.25, 0.3) is 0 Å². The van der Waals surface area contributed by atoms with Crippen molar-refractivity contribution in [2.45, 2.75) is 0 Å². The van der Waals surface area contributed by atoms with Crippen LogP contribution in [-0.4, -0.2) is 52.3 Å². The lowest BCUT2D eigenvalue weighted by molar-refractivity contribution is 0.0506. The van der Waals surface area contributed by atoms with E-state index in [2.05, 4.69) is 204 Å². The molecule has 0 aliphatic heterocycles. The van der Waals surface area contributed by atoms with E-state index in [1.165, 1.54) is 32.7 Å². The minimum atomic E-state index is -0.305. The molecule has 0 heterocycles. The maximum absolute atomic E-state index is 12.3. The molecule has 0 aliphatic rings. The number of likely N-dealkylation sites (N-methyl/N-ethyl adjacent to an activating group) is 2. The summed E-state index contributed by atoms with van der Waals surface area (Å²) >= 11 is 0. The highest BCUT2D eigenvalue weighted by Crippen LogP contribution is 2.35. The number of esters is 2. The number of carbonyl (C=O) groups is 2. The topological polar surface area (TPSA) is 59.1 Å². The number of hydrogen-bond acceptors (Lipinski definition) is 6. The number of ether oxygens (including phenoxy) is 2. The van der Waals surface area contributed by atoms with Gasteiger partial charge in [-0.3, -0.25) is 0 Å². The van der Waals surface area contributed by atoms with Gasteiger partial charge in [-0.15, -0.1) is 0 Å². The van der Waals surface area contributed by atoms with Crippen LogP contribution in [0.25, 0.3) is 70.2 Å². The lowest BCUT2D eigenvalue weighted by atomic mass is 9.90. The molecular weight excluding hydrogens is 885 g/mol. The molecule has 0 saturated carbocycles. The highest BCUT2D eigenvalue weighted by molar-refractivity contribution is 6.14. The van der Waals surface area contributed by atoms with Crippen LogP contribution in [0.3, 0.4) is 0 Å². The second kappa shape index (κ2) is 23.5. The van der Waals surface area contributed by atoms with Crippen molar-refractivity contribution in [2.24, 2.45) is 0 Å². The van der Waals surface area contributed by atoms with Gasteiger partial charge in [0, 0.05) is 25.5 Å². The van der Waals surface area contributed by atoms with Gasteiger partial charge in [-0.2, -0.15) is 0 Å². The zero-order valence-electron chi connectivity index (χ0n) is 40.6. The molecule has 6 heteroatoms. The smallest absolute Gasteiger partial charge is 0.338 e. The first kappa shape index (κ1) is 48.0. The predicted octanol–water partition coefficient (Wildman–Crippen LogP) is 15.3. The Labute approximate surface area is 422 Å². The Kier molecular flexibility index (Phi) is 15.7. The lowest BCUT2D eigenvalue weighted by Gasteiger charge is -2.19. The van der Waals surface area contributed by atoms with Gasteiger partial charge in [0.05, 0.1) is 24.2 Å². The van der Waals surface area contributed by atoms with Crippen LogP contribution in [0.1, 0.15) is 65.2 Å². The van der Waals surface area contributed by atoms with Crippen LogP contribution in [-0.2, 0) is 9.47 Å². The Hall–Kier alpha value is -9.00. The fourth-order valence-corrected chi connectivity index (χ4v) is 8.54. The van der Waals surface area contributed by atoms with Gasteiger partial charge in [0.2, 0.25) is 0 Å². The third-order valence-corrected chi connectivity index (χ3v) is 12.7. The van der Waals surface area contributed by atoms with Gasteiger partial charge in [-0.05, 0) is 115 Å². The molecule has 6 nitrogen and oxygen atoms in total. The largest absolute Gasteiger partial charge is 0.460 e. The maximum Gasteiger partial charge on any atom is 0.338 e. The molecule has 0 amide bonds. The molecule has 9 rings (SSSR count). The van der Waals surface area contributed by atoms with Gasteiger partial charge < -0.3 is 19.3 Å². The van der Waals surface area contributed by atoms with Crippen molar-refractivity contribution in [1.29, 1.82) is 0 Å². The van der Waals surface area contributed by atoms with Crippen molar-refractivity contribution < 1.29 is 19.1 Å². The molecular formula is C66H56N2O4. The van der Waals surface area contributed by atoms with E-state index < -0.39 is 0 Å². The van der Waals surface area contributed by atoms with E-state index in [1.54, 1.807) is 24.3 Å². The predicted molar refractivity (Wildman–Crippen MR) is 303 cm³/mol. The minimum Gasteiger partial charge on any atom is -0.460 e. The summed E-state index contributed by atoms with van der Waals surface area (Å²) in [4.78, 5) is 28.7. The Bertz CT molecular complexity index is 3090. The van der Waals surface area contributed by atoms with Crippen LogP contribution in [0.5, 0.6) is 0 Å². The second-order valence-corrected chi connectivity index (χ2v) is 17.6. The van der Waals surface area contributed by atoms with E-state index in [4.69, 9.17) is 9.47 Å². The first-order chi connectivity index (χ1) is 35.3. The Morgan fingerprint density at radius 3 is 0.875 bits per heavy atom. The first-order valence-corrected chi connectivity index (χ1v) is 24.3. The van der Waals surface area contributed by atoms with E-state index in [9.17, 15) is 9.59 Å². The molecule has 354 valence electrons. The molecule has 0 atom stereocenters. The van der Waals surface area contributed by atoms with E-state index in [0.717, 1.165) is 44.8 Å². The molecule has 0 fully saturated rings. The molecule has 0 aliphatic carbocycles. The van der Waals surface area contributed by atoms with Crippen molar-refractivity contribution in [2.75, 3.05) is 50.2 Å². The van der Waals surface area contributed by atoms with Gasteiger partial charge in [0.15, 0.2) is 0 Å². The summed E-state index contributed by atoms with van der Waals surface area (Å²) in [5.41, 5.74) is 12.3. The lowest BCUT2D eigenvalue weighted by Crippen LogP contribution is -2.23. The van der Waals surface area contributed by atoms with Crippen molar-refractivity contribution in [3.8, 4) is 0 Å². The number of hydrogen-bond donors (Lipinski definition) is 0. The minimum absolute atomic E-state index is 0.305.